The predicted octanol–water partition coefficient (Wildman–Crippen LogP) is 3.52. The molecule has 2 fully saturated rings. The van der Waals surface area contributed by atoms with Crippen LogP contribution in [-0.2, 0) is 9.22 Å². The Morgan fingerprint density at radius 1 is 1.19 bits per heavy atom. The van der Waals surface area contributed by atoms with Crippen LogP contribution in [0, 0.1) is 5.41 Å². The molecule has 0 bridgehead atoms. The highest BCUT2D eigenvalue weighted by Gasteiger charge is 2.50. The molecule has 2 nitrogen and oxygen atoms in total. The van der Waals surface area contributed by atoms with Crippen LogP contribution >= 0.6 is 0 Å². The molecule has 0 heterocycles. The molecule has 2 aliphatic carbocycles. The van der Waals surface area contributed by atoms with Crippen molar-refractivity contribution in [2.24, 2.45) is 5.41 Å². The van der Waals surface area contributed by atoms with Gasteiger partial charge >= 0.3 is 0 Å². The summed E-state index contributed by atoms with van der Waals surface area (Å²) in [6.07, 6.45) is 7.81. The normalized spacial score (nSPS) is 35.9. The van der Waals surface area contributed by atoms with Crippen molar-refractivity contribution in [2.75, 3.05) is 0 Å². The second-order valence-corrected chi connectivity index (χ2v) is 10.9. The zero-order chi connectivity index (χ0) is 11.8. The van der Waals surface area contributed by atoms with Crippen molar-refractivity contribution in [3.8, 4) is 0 Å². The first-order chi connectivity index (χ1) is 7.44. The largest absolute Gasteiger partial charge is 0.414 e. The van der Waals surface area contributed by atoms with Gasteiger partial charge in [-0.15, -0.1) is 0 Å². The van der Waals surface area contributed by atoms with Crippen molar-refractivity contribution >= 4 is 14.1 Å². The van der Waals surface area contributed by atoms with Crippen LogP contribution in [0.3, 0.4) is 0 Å². The highest BCUT2D eigenvalue weighted by atomic mass is 28.4. The molecular formula is C13H24O2Si. The number of rotatable bonds is 2. The van der Waals surface area contributed by atoms with Gasteiger partial charge in [-0.3, -0.25) is 4.79 Å². The Bertz CT molecular complexity index is 282. The SMILES string of the molecule is C[Si](C)(C)O[C@H]1CCC[C@@]12CCCCC2=O. The van der Waals surface area contributed by atoms with E-state index < -0.39 is 8.32 Å². The van der Waals surface area contributed by atoms with Gasteiger partial charge in [-0.2, -0.15) is 0 Å². The Balaban J connectivity index is 2.15. The summed E-state index contributed by atoms with van der Waals surface area (Å²) in [6, 6.07) is 0. The lowest BCUT2D eigenvalue weighted by atomic mass is 9.70. The molecule has 0 aromatic carbocycles. The van der Waals surface area contributed by atoms with E-state index in [2.05, 4.69) is 19.6 Å². The monoisotopic (exact) mass is 240 g/mol. The van der Waals surface area contributed by atoms with Crippen molar-refractivity contribution in [1.29, 1.82) is 0 Å². The van der Waals surface area contributed by atoms with Gasteiger partial charge in [0.1, 0.15) is 5.78 Å². The minimum Gasteiger partial charge on any atom is -0.414 e. The van der Waals surface area contributed by atoms with Crippen molar-refractivity contribution in [2.45, 2.75) is 70.7 Å². The smallest absolute Gasteiger partial charge is 0.184 e. The summed E-state index contributed by atoms with van der Waals surface area (Å²) < 4.78 is 6.28. The van der Waals surface area contributed by atoms with Crippen molar-refractivity contribution in [3.63, 3.8) is 0 Å². The van der Waals surface area contributed by atoms with Crippen LogP contribution in [0.1, 0.15) is 44.9 Å². The summed E-state index contributed by atoms with van der Waals surface area (Å²) in [4.78, 5) is 12.3. The fourth-order valence-electron chi connectivity index (χ4n) is 3.36. The third kappa shape index (κ3) is 2.25. The molecule has 3 heteroatoms. The first kappa shape index (κ1) is 12.3. The molecule has 0 aromatic heterocycles. The van der Waals surface area contributed by atoms with E-state index >= 15 is 0 Å². The van der Waals surface area contributed by atoms with Gasteiger partial charge < -0.3 is 4.43 Å². The van der Waals surface area contributed by atoms with Gasteiger partial charge in [0.15, 0.2) is 8.32 Å². The van der Waals surface area contributed by atoms with E-state index in [1.54, 1.807) is 0 Å². The quantitative estimate of drug-likeness (QED) is 0.690. The summed E-state index contributed by atoms with van der Waals surface area (Å²) in [5, 5.41) is 0. The fraction of sp³-hybridized carbons (Fsp3) is 0.923. The van der Waals surface area contributed by atoms with Crippen LogP contribution in [0.25, 0.3) is 0 Å². The second-order valence-electron chi connectivity index (χ2n) is 6.40. The van der Waals surface area contributed by atoms with Crippen LogP contribution in [0.4, 0.5) is 0 Å². The van der Waals surface area contributed by atoms with E-state index in [9.17, 15) is 4.79 Å². The van der Waals surface area contributed by atoms with Crippen molar-refractivity contribution in [1.82, 2.24) is 0 Å². The number of Topliss-reactive ketones (excluding diaryl/α,β-unsaturated/α-hetero) is 1. The van der Waals surface area contributed by atoms with Crippen LogP contribution in [0.5, 0.6) is 0 Å². The maximum Gasteiger partial charge on any atom is 0.184 e. The average Bonchev–Trinajstić information content (AvgIpc) is 2.53. The van der Waals surface area contributed by atoms with Gasteiger partial charge in [0.2, 0.25) is 0 Å². The average molecular weight is 240 g/mol. The van der Waals surface area contributed by atoms with E-state index in [1.807, 2.05) is 0 Å². The Labute approximate surface area is 99.9 Å². The zero-order valence-corrected chi connectivity index (χ0v) is 11.8. The second kappa shape index (κ2) is 4.26. The summed E-state index contributed by atoms with van der Waals surface area (Å²) in [6.45, 7) is 6.69. The Kier molecular flexibility index (Phi) is 3.28. The standard InChI is InChI=1S/C13H24O2Si/c1-16(2,3)15-12-8-6-10-13(12)9-5-4-7-11(13)14/h12H,4-10H2,1-3H3/t12-,13+/m0/s1. The Morgan fingerprint density at radius 2 is 1.88 bits per heavy atom. The Hall–Kier alpha value is -0.153. The minimum absolute atomic E-state index is 0.0709. The lowest BCUT2D eigenvalue weighted by molar-refractivity contribution is -0.136. The molecule has 2 aliphatic rings. The van der Waals surface area contributed by atoms with Crippen molar-refractivity contribution < 1.29 is 9.22 Å². The molecule has 0 aliphatic heterocycles. The van der Waals surface area contributed by atoms with Crippen molar-refractivity contribution in [3.05, 3.63) is 0 Å². The molecule has 0 N–H and O–H groups in total. The molecule has 0 amide bonds. The van der Waals surface area contributed by atoms with Gasteiger partial charge in [0, 0.05) is 6.42 Å². The van der Waals surface area contributed by atoms with Crippen LogP contribution in [-0.4, -0.2) is 20.2 Å². The first-order valence-electron chi connectivity index (χ1n) is 6.65. The van der Waals surface area contributed by atoms with Crippen LogP contribution in [0.15, 0.2) is 0 Å². The molecule has 0 unspecified atom stereocenters. The number of ketones is 1. The zero-order valence-electron chi connectivity index (χ0n) is 10.8. The van der Waals surface area contributed by atoms with E-state index in [0.717, 1.165) is 32.1 Å². The first-order valence-corrected chi connectivity index (χ1v) is 10.1. The molecule has 0 saturated heterocycles. The topological polar surface area (TPSA) is 26.3 Å². The van der Waals surface area contributed by atoms with E-state index in [0.29, 0.717) is 5.78 Å². The summed E-state index contributed by atoms with van der Waals surface area (Å²) in [7, 11) is -1.51. The van der Waals surface area contributed by atoms with Gasteiger partial charge in [0.05, 0.1) is 11.5 Å². The predicted molar refractivity (Wildman–Crippen MR) is 68.0 cm³/mol. The lowest BCUT2D eigenvalue weighted by Gasteiger charge is -2.40. The maximum atomic E-state index is 12.3. The molecule has 92 valence electrons. The van der Waals surface area contributed by atoms with Crippen LogP contribution < -0.4 is 0 Å². The third-order valence-electron chi connectivity index (χ3n) is 4.03. The van der Waals surface area contributed by atoms with Gasteiger partial charge in [-0.05, 0) is 51.7 Å². The molecule has 2 saturated carbocycles. The van der Waals surface area contributed by atoms with Gasteiger partial charge in [-0.1, -0.05) is 6.42 Å². The molecular weight excluding hydrogens is 216 g/mol. The summed E-state index contributed by atoms with van der Waals surface area (Å²) >= 11 is 0. The lowest BCUT2D eigenvalue weighted by Crippen LogP contribution is -2.46. The van der Waals surface area contributed by atoms with Crippen LogP contribution in [0.2, 0.25) is 19.6 Å². The molecule has 1 spiro atoms. The number of hydrogen-bond donors (Lipinski definition) is 0. The molecule has 0 aromatic rings. The Morgan fingerprint density at radius 3 is 2.50 bits per heavy atom. The summed E-state index contributed by atoms with van der Waals surface area (Å²) in [5.74, 6) is 0.500. The molecule has 0 radical (unpaired) electrons. The van der Waals surface area contributed by atoms with Gasteiger partial charge in [0.25, 0.3) is 0 Å². The van der Waals surface area contributed by atoms with E-state index in [4.69, 9.17) is 4.43 Å². The maximum absolute atomic E-state index is 12.3. The highest BCUT2D eigenvalue weighted by molar-refractivity contribution is 6.69. The fourth-order valence-corrected chi connectivity index (χ4v) is 4.56. The molecule has 2 rings (SSSR count). The van der Waals surface area contributed by atoms with E-state index in [-0.39, 0.29) is 11.5 Å². The molecule has 16 heavy (non-hydrogen) atoms. The number of carbonyl (C=O) groups is 1. The van der Waals surface area contributed by atoms with E-state index in [1.165, 1.54) is 12.8 Å². The third-order valence-corrected chi connectivity index (χ3v) is 5.03. The minimum atomic E-state index is -1.51. The highest BCUT2D eigenvalue weighted by Crippen LogP contribution is 2.49. The number of carbonyl (C=O) groups excluding carboxylic acids is 1. The summed E-state index contributed by atoms with van der Waals surface area (Å²) in [5.41, 5.74) is -0.0709. The van der Waals surface area contributed by atoms with Gasteiger partial charge in [-0.25, -0.2) is 0 Å². The number of hydrogen-bond acceptors (Lipinski definition) is 2. The molecule has 2 atom stereocenters.